The molecule has 2 N–H and O–H groups in total. The summed E-state index contributed by atoms with van der Waals surface area (Å²) in [5, 5.41) is 8.38. The Morgan fingerprint density at radius 2 is 1.14 bits per heavy atom. The summed E-state index contributed by atoms with van der Waals surface area (Å²) in [6.45, 7) is 5.83. The Kier molecular flexibility index (Phi) is 6.41. The molecule has 2 nitrogen and oxygen atoms in total. The highest BCUT2D eigenvalue weighted by Gasteiger charge is 2.06. The quantitative estimate of drug-likeness (QED) is 0.639. The van der Waals surface area contributed by atoms with E-state index in [9.17, 15) is 0 Å². The number of halogens is 2. The Morgan fingerprint density at radius 1 is 0.727 bits per heavy atom. The first kappa shape index (κ1) is 17.0. The number of hydrogen-bond acceptors (Lipinski definition) is 2. The van der Waals surface area contributed by atoms with Crippen molar-refractivity contribution in [3.63, 3.8) is 0 Å². The smallest absolute Gasteiger partial charge is 0.0640 e. The van der Waals surface area contributed by atoms with Crippen LogP contribution in [0.2, 0.25) is 10.0 Å². The van der Waals surface area contributed by atoms with E-state index in [2.05, 4.69) is 36.6 Å². The van der Waals surface area contributed by atoms with Gasteiger partial charge in [-0.25, -0.2) is 0 Å². The van der Waals surface area contributed by atoms with Crippen LogP contribution in [0.1, 0.15) is 25.0 Å². The molecule has 0 fully saturated rings. The van der Waals surface area contributed by atoms with Crippen LogP contribution in [0.5, 0.6) is 0 Å². The molecular formula is C18H22Cl2N2. The van der Waals surface area contributed by atoms with E-state index in [1.807, 2.05) is 24.3 Å². The Bertz CT molecular complexity index is 571. The Labute approximate surface area is 142 Å². The zero-order valence-corrected chi connectivity index (χ0v) is 14.6. The molecule has 0 amide bonds. The summed E-state index contributed by atoms with van der Waals surface area (Å²) in [4.78, 5) is 0. The van der Waals surface area contributed by atoms with Crippen molar-refractivity contribution >= 4 is 34.6 Å². The molecule has 0 aliphatic heterocycles. The molecule has 2 aromatic carbocycles. The summed E-state index contributed by atoms with van der Waals surface area (Å²) in [5.74, 6) is 0. The number of benzene rings is 2. The number of nitrogens with one attached hydrogen (secondary N) is 2. The van der Waals surface area contributed by atoms with Gasteiger partial charge in [-0.3, -0.25) is 0 Å². The van der Waals surface area contributed by atoms with E-state index in [1.54, 1.807) is 0 Å². The standard InChI is InChI=1S/C18H22Cl2N2/c1-3-13-7-5-9-15(19)17(13)21-11-12-22-18-14(4-2)8-6-10-16(18)20/h5-10,21-22H,3-4,11-12H2,1-2H3. The fourth-order valence-corrected chi connectivity index (χ4v) is 3.02. The summed E-state index contributed by atoms with van der Waals surface area (Å²) in [5.41, 5.74) is 4.53. The van der Waals surface area contributed by atoms with Crippen LogP contribution in [-0.2, 0) is 12.8 Å². The van der Waals surface area contributed by atoms with Crippen molar-refractivity contribution in [1.82, 2.24) is 0 Å². The van der Waals surface area contributed by atoms with Crippen LogP contribution in [-0.4, -0.2) is 13.1 Å². The minimum absolute atomic E-state index is 0.770. The second-order valence-corrected chi connectivity index (χ2v) is 5.92. The maximum absolute atomic E-state index is 6.27. The number of hydrogen-bond donors (Lipinski definition) is 2. The molecule has 2 aromatic rings. The molecule has 0 saturated carbocycles. The van der Waals surface area contributed by atoms with E-state index in [1.165, 1.54) is 11.1 Å². The van der Waals surface area contributed by atoms with Gasteiger partial charge in [0.25, 0.3) is 0 Å². The largest absolute Gasteiger partial charge is 0.382 e. The number of rotatable bonds is 7. The highest BCUT2D eigenvalue weighted by molar-refractivity contribution is 6.33. The van der Waals surface area contributed by atoms with E-state index in [-0.39, 0.29) is 0 Å². The van der Waals surface area contributed by atoms with Crippen LogP contribution in [0.3, 0.4) is 0 Å². The lowest BCUT2D eigenvalue weighted by molar-refractivity contribution is 1.04. The van der Waals surface area contributed by atoms with Gasteiger partial charge in [-0.05, 0) is 36.1 Å². The van der Waals surface area contributed by atoms with Gasteiger partial charge >= 0.3 is 0 Å². The lowest BCUT2D eigenvalue weighted by atomic mass is 10.1. The predicted molar refractivity (Wildman–Crippen MR) is 98.6 cm³/mol. The number of aryl methyl sites for hydroxylation is 2. The van der Waals surface area contributed by atoms with E-state index < -0.39 is 0 Å². The lowest BCUT2D eigenvalue weighted by Crippen LogP contribution is -2.15. The van der Waals surface area contributed by atoms with Gasteiger partial charge < -0.3 is 10.6 Å². The number of para-hydroxylation sites is 2. The first-order chi connectivity index (χ1) is 10.7. The van der Waals surface area contributed by atoms with E-state index >= 15 is 0 Å². The molecule has 4 heteroatoms. The van der Waals surface area contributed by atoms with Gasteiger partial charge in [0.1, 0.15) is 0 Å². The third-order valence-corrected chi connectivity index (χ3v) is 4.32. The monoisotopic (exact) mass is 336 g/mol. The number of anilines is 2. The van der Waals surface area contributed by atoms with Crippen molar-refractivity contribution in [2.45, 2.75) is 26.7 Å². The van der Waals surface area contributed by atoms with Crippen molar-refractivity contribution in [1.29, 1.82) is 0 Å². The van der Waals surface area contributed by atoms with Crippen LogP contribution in [0.15, 0.2) is 36.4 Å². The molecule has 0 aromatic heterocycles. The first-order valence-corrected chi connectivity index (χ1v) is 8.45. The maximum atomic E-state index is 6.27. The van der Waals surface area contributed by atoms with Crippen molar-refractivity contribution in [2.75, 3.05) is 23.7 Å². The van der Waals surface area contributed by atoms with Gasteiger partial charge in [0.2, 0.25) is 0 Å². The third kappa shape index (κ3) is 4.08. The average Bonchev–Trinajstić information content (AvgIpc) is 2.53. The van der Waals surface area contributed by atoms with Gasteiger partial charge in [0, 0.05) is 13.1 Å². The zero-order chi connectivity index (χ0) is 15.9. The maximum Gasteiger partial charge on any atom is 0.0640 e. The van der Waals surface area contributed by atoms with Crippen molar-refractivity contribution < 1.29 is 0 Å². The van der Waals surface area contributed by atoms with Crippen molar-refractivity contribution in [2.24, 2.45) is 0 Å². The van der Waals surface area contributed by atoms with Crippen molar-refractivity contribution in [3.8, 4) is 0 Å². The van der Waals surface area contributed by atoms with Crippen molar-refractivity contribution in [3.05, 3.63) is 57.6 Å². The topological polar surface area (TPSA) is 24.1 Å². The molecule has 0 aliphatic rings. The molecular weight excluding hydrogens is 315 g/mol. The van der Waals surface area contributed by atoms with Crippen LogP contribution in [0.25, 0.3) is 0 Å². The highest BCUT2D eigenvalue weighted by atomic mass is 35.5. The fraction of sp³-hybridized carbons (Fsp3) is 0.333. The van der Waals surface area contributed by atoms with Crippen LogP contribution in [0.4, 0.5) is 11.4 Å². The van der Waals surface area contributed by atoms with Gasteiger partial charge in [-0.1, -0.05) is 61.3 Å². The minimum Gasteiger partial charge on any atom is -0.382 e. The molecule has 0 bridgehead atoms. The fourth-order valence-electron chi connectivity index (χ4n) is 2.50. The third-order valence-electron chi connectivity index (χ3n) is 3.69. The molecule has 118 valence electrons. The van der Waals surface area contributed by atoms with Gasteiger partial charge in [-0.15, -0.1) is 0 Å². The summed E-state index contributed by atoms with van der Waals surface area (Å²) < 4.78 is 0. The van der Waals surface area contributed by atoms with Gasteiger partial charge in [0.15, 0.2) is 0 Å². The second kappa shape index (κ2) is 8.30. The summed E-state index contributed by atoms with van der Waals surface area (Å²) in [7, 11) is 0. The summed E-state index contributed by atoms with van der Waals surface area (Å²) in [6, 6.07) is 12.0. The molecule has 0 atom stereocenters. The molecule has 0 aliphatic carbocycles. The molecule has 22 heavy (non-hydrogen) atoms. The molecule has 0 heterocycles. The van der Waals surface area contributed by atoms with E-state index in [4.69, 9.17) is 23.2 Å². The highest BCUT2D eigenvalue weighted by Crippen LogP contribution is 2.27. The first-order valence-electron chi connectivity index (χ1n) is 7.69. The summed E-state index contributed by atoms with van der Waals surface area (Å²) >= 11 is 12.5. The normalized spacial score (nSPS) is 10.5. The van der Waals surface area contributed by atoms with E-state index in [0.717, 1.165) is 47.4 Å². The van der Waals surface area contributed by atoms with Crippen LogP contribution < -0.4 is 10.6 Å². The molecule has 0 unspecified atom stereocenters. The average molecular weight is 337 g/mol. The Balaban J connectivity index is 1.96. The van der Waals surface area contributed by atoms with Gasteiger partial charge in [-0.2, -0.15) is 0 Å². The van der Waals surface area contributed by atoms with E-state index in [0.29, 0.717) is 0 Å². The lowest BCUT2D eigenvalue weighted by Gasteiger charge is -2.15. The van der Waals surface area contributed by atoms with Crippen LogP contribution >= 0.6 is 23.2 Å². The molecule has 0 radical (unpaired) electrons. The summed E-state index contributed by atoms with van der Waals surface area (Å²) in [6.07, 6.45) is 1.92. The zero-order valence-electron chi connectivity index (χ0n) is 13.0. The minimum atomic E-state index is 0.770. The Morgan fingerprint density at radius 3 is 1.50 bits per heavy atom. The second-order valence-electron chi connectivity index (χ2n) is 5.11. The molecule has 2 rings (SSSR count). The van der Waals surface area contributed by atoms with Gasteiger partial charge in [0.05, 0.1) is 21.4 Å². The SMILES string of the molecule is CCc1cccc(Cl)c1NCCNc1c(Cl)cccc1CC. The molecule has 0 saturated heterocycles. The predicted octanol–water partition coefficient (Wildman–Crippen LogP) is 5.64. The molecule has 0 spiro atoms. The Hall–Kier alpha value is -1.38. The van der Waals surface area contributed by atoms with Crippen LogP contribution in [0, 0.1) is 0 Å².